The number of carbonyl (C=O) groups is 1. The fourth-order valence-electron chi connectivity index (χ4n) is 2.59. The zero-order valence-corrected chi connectivity index (χ0v) is 15.8. The van der Waals surface area contributed by atoms with Crippen molar-refractivity contribution in [1.29, 1.82) is 5.26 Å². The first-order valence-electron chi connectivity index (χ1n) is 8.45. The van der Waals surface area contributed by atoms with Crippen molar-refractivity contribution < 1.29 is 9.53 Å². The number of nitrogens with zero attached hydrogens (tertiary/aromatic N) is 2. The molecular weight excluding hydrogens is 376 g/mol. The molecule has 0 radical (unpaired) electrons. The SMILES string of the molecule is C[C@H](Oc1cc(Cl)cnc1N)c1cccc(NC(=O)c2cccc(C#N)c2)c1. The van der Waals surface area contributed by atoms with Gasteiger partial charge in [0.25, 0.3) is 5.91 Å². The topological polar surface area (TPSA) is 101 Å². The molecule has 140 valence electrons. The first-order valence-corrected chi connectivity index (χ1v) is 8.83. The number of hydrogen-bond donors (Lipinski definition) is 2. The Labute approximate surface area is 167 Å². The molecule has 0 spiro atoms. The highest BCUT2D eigenvalue weighted by molar-refractivity contribution is 6.30. The molecule has 1 amide bonds. The van der Waals surface area contributed by atoms with Crippen LogP contribution in [0.1, 0.15) is 34.5 Å². The molecule has 0 unspecified atom stereocenters. The summed E-state index contributed by atoms with van der Waals surface area (Å²) in [5, 5.41) is 12.2. The second-order valence-corrected chi connectivity index (χ2v) is 6.51. The molecule has 28 heavy (non-hydrogen) atoms. The van der Waals surface area contributed by atoms with Crippen molar-refractivity contribution in [3.05, 3.63) is 82.5 Å². The number of nitrogens with two attached hydrogens (primary N) is 1. The molecule has 3 rings (SSSR count). The van der Waals surface area contributed by atoms with E-state index in [-0.39, 0.29) is 17.8 Å². The van der Waals surface area contributed by atoms with Gasteiger partial charge in [-0.3, -0.25) is 4.79 Å². The number of halogens is 1. The van der Waals surface area contributed by atoms with Crippen LogP contribution in [0.3, 0.4) is 0 Å². The number of rotatable bonds is 5. The summed E-state index contributed by atoms with van der Waals surface area (Å²) >= 11 is 5.94. The third-order valence-corrected chi connectivity index (χ3v) is 4.23. The Morgan fingerprint density at radius 3 is 2.82 bits per heavy atom. The number of nitriles is 1. The summed E-state index contributed by atoms with van der Waals surface area (Å²) in [4.78, 5) is 16.4. The van der Waals surface area contributed by atoms with Gasteiger partial charge in [-0.25, -0.2) is 4.98 Å². The van der Waals surface area contributed by atoms with Crippen molar-refractivity contribution in [2.24, 2.45) is 0 Å². The van der Waals surface area contributed by atoms with E-state index < -0.39 is 0 Å². The van der Waals surface area contributed by atoms with Gasteiger partial charge in [0.1, 0.15) is 6.10 Å². The smallest absolute Gasteiger partial charge is 0.255 e. The molecule has 3 N–H and O–H groups in total. The second-order valence-electron chi connectivity index (χ2n) is 6.07. The molecule has 0 saturated heterocycles. The third kappa shape index (κ3) is 4.58. The largest absolute Gasteiger partial charge is 0.482 e. The lowest BCUT2D eigenvalue weighted by Gasteiger charge is -2.17. The Morgan fingerprint density at radius 2 is 2.04 bits per heavy atom. The van der Waals surface area contributed by atoms with Crippen LogP contribution in [0.25, 0.3) is 0 Å². The highest BCUT2D eigenvalue weighted by atomic mass is 35.5. The van der Waals surface area contributed by atoms with E-state index in [0.29, 0.717) is 27.6 Å². The van der Waals surface area contributed by atoms with E-state index in [1.807, 2.05) is 31.2 Å². The fraction of sp³-hybridized carbons (Fsp3) is 0.0952. The Kier molecular flexibility index (Phi) is 5.78. The molecule has 0 fully saturated rings. The molecule has 1 aromatic heterocycles. The van der Waals surface area contributed by atoms with Crippen LogP contribution in [0.4, 0.5) is 11.5 Å². The molecule has 2 aromatic carbocycles. The number of anilines is 2. The second kappa shape index (κ2) is 8.42. The summed E-state index contributed by atoms with van der Waals surface area (Å²) in [6.07, 6.45) is 1.10. The summed E-state index contributed by atoms with van der Waals surface area (Å²) in [6, 6.07) is 17.4. The minimum Gasteiger partial charge on any atom is -0.482 e. The van der Waals surface area contributed by atoms with Crippen LogP contribution >= 0.6 is 11.6 Å². The van der Waals surface area contributed by atoms with Crippen LogP contribution < -0.4 is 15.8 Å². The third-order valence-electron chi connectivity index (χ3n) is 4.02. The average molecular weight is 393 g/mol. The molecule has 7 heteroatoms. The average Bonchev–Trinajstić information content (AvgIpc) is 2.71. The summed E-state index contributed by atoms with van der Waals surface area (Å²) in [5.41, 5.74) is 8.11. The number of nitrogen functional groups attached to an aromatic ring is 1. The maximum Gasteiger partial charge on any atom is 0.255 e. The molecule has 0 aliphatic heterocycles. The molecule has 1 heterocycles. The minimum atomic E-state index is -0.346. The zero-order chi connectivity index (χ0) is 20.1. The van der Waals surface area contributed by atoms with Gasteiger partial charge in [-0.15, -0.1) is 0 Å². The predicted octanol–water partition coefficient (Wildman–Crippen LogP) is 4.58. The molecule has 3 aromatic rings. The van der Waals surface area contributed by atoms with Gasteiger partial charge < -0.3 is 15.8 Å². The van der Waals surface area contributed by atoms with Gasteiger partial charge in [-0.1, -0.05) is 29.8 Å². The number of ether oxygens (including phenoxy) is 1. The van der Waals surface area contributed by atoms with Crippen molar-refractivity contribution in [1.82, 2.24) is 4.98 Å². The summed E-state index contributed by atoms with van der Waals surface area (Å²) in [5.74, 6) is 0.340. The Bertz CT molecular complexity index is 1060. The van der Waals surface area contributed by atoms with Gasteiger partial charge in [-0.2, -0.15) is 5.26 Å². The lowest BCUT2D eigenvalue weighted by atomic mass is 10.1. The minimum absolute atomic E-state index is 0.248. The van der Waals surface area contributed by atoms with Crippen LogP contribution in [0, 0.1) is 11.3 Å². The Balaban J connectivity index is 1.75. The molecule has 0 saturated carbocycles. The van der Waals surface area contributed by atoms with Crippen molar-refractivity contribution >= 4 is 29.0 Å². The quantitative estimate of drug-likeness (QED) is 0.661. The summed E-state index contributed by atoms with van der Waals surface area (Å²) in [7, 11) is 0. The number of hydrogen-bond acceptors (Lipinski definition) is 5. The normalized spacial score (nSPS) is 11.3. The lowest BCUT2D eigenvalue weighted by Crippen LogP contribution is -2.13. The van der Waals surface area contributed by atoms with E-state index in [4.69, 9.17) is 27.3 Å². The lowest BCUT2D eigenvalue weighted by molar-refractivity contribution is 0.102. The van der Waals surface area contributed by atoms with Crippen LogP contribution in [-0.2, 0) is 0 Å². The fourth-order valence-corrected chi connectivity index (χ4v) is 2.73. The van der Waals surface area contributed by atoms with Crippen molar-refractivity contribution in [2.75, 3.05) is 11.1 Å². The maximum absolute atomic E-state index is 12.4. The van der Waals surface area contributed by atoms with E-state index in [1.54, 1.807) is 36.4 Å². The molecule has 6 nitrogen and oxygen atoms in total. The van der Waals surface area contributed by atoms with E-state index in [2.05, 4.69) is 10.3 Å². The van der Waals surface area contributed by atoms with Crippen molar-refractivity contribution in [3.8, 4) is 11.8 Å². The van der Waals surface area contributed by atoms with E-state index in [1.165, 1.54) is 6.20 Å². The first kappa shape index (κ1) is 19.2. The standard InChI is InChI=1S/C21H17ClN4O2/c1-13(28-19-10-17(22)12-25-20(19)24)15-5-3-7-18(9-15)26-21(27)16-6-2-4-14(8-16)11-23/h2-10,12-13H,1H3,(H2,24,25)(H,26,27)/t13-/m0/s1. The number of aromatic nitrogens is 1. The molecular formula is C21H17ClN4O2. The molecule has 0 bridgehead atoms. The van der Waals surface area contributed by atoms with Gasteiger partial charge in [0.15, 0.2) is 11.6 Å². The Morgan fingerprint density at radius 1 is 1.25 bits per heavy atom. The van der Waals surface area contributed by atoms with E-state index in [0.717, 1.165) is 5.56 Å². The number of amides is 1. The molecule has 0 aliphatic rings. The van der Waals surface area contributed by atoms with Crippen LogP contribution in [0.2, 0.25) is 5.02 Å². The van der Waals surface area contributed by atoms with E-state index in [9.17, 15) is 4.79 Å². The van der Waals surface area contributed by atoms with Crippen LogP contribution in [0.15, 0.2) is 60.8 Å². The Hall–Kier alpha value is -3.56. The first-order chi connectivity index (χ1) is 13.5. The zero-order valence-electron chi connectivity index (χ0n) is 15.0. The number of carbonyl (C=O) groups excluding carboxylic acids is 1. The number of pyridine rings is 1. The summed E-state index contributed by atoms with van der Waals surface area (Å²) in [6.45, 7) is 1.86. The summed E-state index contributed by atoms with van der Waals surface area (Å²) < 4.78 is 5.87. The highest BCUT2D eigenvalue weighted by Gasteiger charge is 2.13. The van der Waals surface area contributed by atoms with Crippen molar-refractivity contribution in [3.63, 3.8) is 0 Å². The van der Waals surface area contributed by atoms with Crippen LogP contribution in [0.5, 0.6) is 5.75 Å². The van der Waals surface area contributed by atoms with Gasteiger partial charge in [0.05, 0.1) is 16.7 Å². The monoisotopic (exact) mass is 392 g/mol. The highest BCUT2D eigenvalue weighted by Crippen LogP contribution is 2.29. The van der Waals surface area contributed by atoms with Gasteiger partial charge in [0, 0.05) is 23.5 Å². The number of nitrogens with one attached hydrogen (secondary N) is 1. The van der Waals surface area contributed by atoms with Crippen molar-refractivity contribution in [2.45, 2.75) is 13.0 Å². The molecule has 1 atom stereocenters. The van der Waals surface area contributed by atoms with Gasteiger partial charge >= 0.3 is 0 Å². The van der Waals surface area contributed by atoms with E-state index >= 15 is 0 Å². The number of benzene rings is 2. The van der Waals surface area contributed by atoms with Crippen LogP contribution in [-0.4, -0.2) is 10.9 Å². The van der Waals surface area contributed by atoms with Gasteiger partial charge in [-0.05, 0) is 42.8 Å². The molecule has 0 aliphatic carbocycles. The maximum atomic E-state index is 12.4. The predicted molar refractivity (Wildman–Crippen MR) is 108 cm³/mol. The van der Waals surface area contributed by atoms with Gasteiger partial charge in [0.2, 0.25) is 0 Å².